The summed E-state index contributed by atoms with van der Waals surface area (Å²) in [6.07, 6.45) is 0. The van der Waals surface area contributed by atoms with E-state index in [0.717, 1.165) is 17.7 Å². The van der Waals surface area contributed by atoms with Gasteiger partial charge in [-0.15, -0.1) is 0 Å². The van der Waals surface area contributed by atoms with E-state index in [1.54, 1.807) is 25.2 Å². The minimum Gasteiger partial charge on any atom is -0.322 e. The summed E-state index contributed by atoms with van der Waals surface area (Å²) in [6.45, 7) is 0.637. The molecular weight excluding hydrogens is 262 g/mol. The first-order valence-corrected chi connectivity index (χ1v) is 6.10. The van der Waals surface area contributed by atoms with Gasteiger partial charge in [-0.25, -0.2) is 8.78 Å². The van der Waals surface area contributed by atoms with Crippen molar-refractivity contribution < 1.29 is 13.6 Å². The highest BCUT2D eigenvalue weighted by atomic mass is 19.1. The van der Waals surface area contributed by atoms with Gasteiger partial charge in [-0.1, -0.05) is 18.2 Å². The van der Waals surface area contributed by atoms with Gasteiger partial charge in [-0.3, -0.25) is 4.79 Å². The molecule has 0 heterocycles. The maximum atomic E-state index is 13.5. The lowest BCUT2D eigenvalue weighted by Crippen LogP contribution is -2.16. The highest BCUT2D eigenvalue weighted by Crippen LogP contribution is 2.16. The van der Waals surface area contributed by atoms with Crippen LogP contribution in [0.1, 0.15) is 15.9 Å². The van der Waals surface area contributed by atoms with Gasteiger partial charge in [0.05, 0.1) is 0 Å². The molecule has 2 N–H and O–H groups in total. The summed E-state index contributed by atoms with van der Waals surface area (Å²) in [6, 6.07) is 10.4. The van der Waals surface area contributed by atoms with Crippen molar-refractivity contribution in [2.24, 2.45) is 0 Å². The van der Waals surface area contributed by atoms with E-state index in [0.29, 0.717) is 12.2 Å². The number of rotatable bonds is 4. The Bertz CT molecular complexity index is 609. The van der Waals surface area contributed by atoms with E-state index >= 15 is 0 Å². The van der Waals surface area contributed by atoms with Crippen LogP contribution in [0.2, 0.25) is 0 Å². The van der Waals surface area contributed by atoms with E-state index in [9.17, 15) is 13.6 Å². The fourth-order valence-electron chi connectivity index (χ4n) is 1.87. The van der Waals surface area contributed by atoms with Gasteiger partial charge in [0.25, 0.3) is 5.91 Å². The molecule has 3 nitrogen and oxygen atoms in total. The summed E-state index contributed by atoms with van der Waals surface area (Å²) in [7, 11) is 1.81. The van der Waals surface area contributed by atoms with Crippen molar-refractivity contribution in [2.45, 2.75) is 6.54 Å². The summed E-state index contributed by atoms with van der Waals surface area (Å²) < 4.78 is 27.0. The van der Waals surface area contributed by atoms with E-state index in [1.165, 1.54) is 6.07 Å². The summed E-state index contributed by atoms with van der Waals surface area (Å²) in [5.41, 5.74) is 0.872. The molecule has 0 saturated heterocycles. The molecule has 5 heteroatoms. The van der Waals surface area contributed by atoms with E-state index in [-0.39, 0.29) is 0 Å². The fourth-order valence-corrected chi connectivity index (χ4v) is 1.87. The van der Waals surface area contributed by atoms with Crippen molar-refractivity contribution in [2.75, 3.05) is 12.4 Å². The quantitative estimate of drug-likeness (QED) is 0.901. The number of carbonyl (C=O) groups is 1. The van der Waals surface area contributed by atoms with Gasteiger partial charge in [-0.2, -0.15) is 0 Å². The first-order chi connectivity index (χ1) is 9.61. The lowest BCUT2D eigenvalue weighted by molar-refractivity contribution is 0.101. The molecule has 0 spiro atoms. The van der Waals surface area contributed by atoms with Gasteiger partial charge >= 0.3 is 0 Å². The largest absolute Gasteiger partial charge is 0.322 e. The fraction of sp³-hybridized carbons (Fsp3) is 0.133. The Kier molecular flexibility index (Phi) is 4.42. The predicted molar refractivity (Wildman–Crippen MR) is 73.5 cm³/mol. The summed E-state index contributed by atoms with van der Waals surface area (Å²) in [5.74, 6) is -2.56. The number of anilines is 1. The van der Waals surface area contributed by atoms with Crippen molar-refractivity contribution in [3.8, 4) is 0 Å². The predicted octanol–water partition coefficient (Wildman–Crippen LogP) is 2.94. The smallest absolute Gasteiger partial charge is 0.261 e. The minimum absolute atomic E-state index is 0.491. The van der Waals surface area contributed by atoms with Crippen molar-refractivity contribution in [1.82, 2.24) is 5.32 Å². The summed E-state index contributed by atoms with van der Waals surface area (Å²) >= 11 is 0. The molecule has 0 aliphatic carbocycles. The van der Waals surface area contributed by atoms with Gasteiger partial charge < -0.3 is 10.6 Å². The van der Waals surface area contributed by atoms with Crippen molar-refractivity contribution in [3.05, 3.63) is 65.2 Å². The SMILES string of the molecule is CNCc1cccc(NC(=O)c2c(F)cccc2F)c1. The normalized spacial score (nSPS) is 10.3. The topological polar surface area (TPSA) is 41.1 Å². The molecule has 0 aliphatic rings. The average Bonchev–Trinajstić information content (AvgIpc) is 2.39. The number of benzene rings is 2. The third kappa shape index (κ3) is 3.19. The maximum Gasteiger partial charge on any atom is 0.261 e. The zero-order valence-electron chi connectivity index (χ0n) is 10.9. The third-order valence-corrected chi connectivity index (χ3v) is 2.76. The van der Waals surface area contributed by atoms with Gasteiger partial charge in [-0.05, 0) is 36.9 Å². The molecule has 0 unspecified atom stereocenters. The van der Waals surface area contributed by atoms with Crippen LogP contribution in [-0.4, -0.2) is 13.0 Å². The first-order valence-electron chi connectivity index (χ1n) is 6.10. The molecule has 0 atom stereocenters. The molecule has 0 saturated carbocycles. The maximum absolute atomic E-state index is 13.5. The first kappa shape index (κ1) is 14.1. The summed E-state index contributed by atoms with van der Waals surface area (Å²) in [5, 5.41) is 5.47. The van der Waals surface area contributed by atoms with Crippen molar-refractivity contribution in [3.63, 3.8) is 0 Å². The Morgan fingerprint density at radius 2 is 1.75 bits per heavy atom. The van der Waals surface area contributed by atoms with Crippen LogP contribution in [0.5, 0.6) is 0 Å². The van der Waals surface area contributed by atoms with E-state index in [2.05, 4.69) is 10.6 Å². The molecule has 2 aromatic carbocycles. The molecule has 0 radical (unpaired) electrons. The Labute approximate surface area is 115 Å². The van der Waals surface area contributed by atoms with E-state index < -0.39 is 23.1 Å². The second-order valence-electron chi connectivity index (χ2n) is 4.28. The van der Waals surface area contributed by atoms with E-state index in [1.807, 2.05) is 6.07 Å². The monoisotopic (exact) mass is 276 g/mol. The standard InChI is InChI=1S/C15H14F2N2O/c1-18-9-10-4-2-5-11(8-10)19-15(20)14-12(16)6-3-7-13(14)17/h2-8,18H,9H2,1H3,(H,19,20). The molecule has 0 aromatic heterocycles. The molecule has 0 fully saturated rings. The van der Waals surface area contributed by atoms with Crippen molar-refractivity contribution >= 4 is 11.6 Å². The minimum atomic E-state index is -0.881. The van der Waals surface area contributed by atoms with Crippen LogP contribution in [0.25, 0.3) is 0 Å². The zero-order valence-corrected chi connectivity index (χ0v) is 10.9. The van der Waals surface area contributed by atoms with Crippen LogP contribution in [0, 0.1) is 11.6 Å². The number of hydrogen-bond donors (Lipinski definition) is 2. The van der Waals surface area contributed by atoms with Gasteiger partial charge in [0.1, 0.15) is 17.2 Å². The Balaban J connectivity index is 2.21. The number of nitrogens with one attached hydrogen (secondary N) is 2. The third-order valence-electron chi connectivity index (χ3n) is 2.76. The number of carbonyl (C=O) groups excluding carboxylic acids is 1. The Morgan fingerprint density at radius 1 is 1.10 bits per heavy atom. The van der Waals surface area contributed by atoms with Gasteiger partial charge in [0.2, 0.25) is 0 Å². The molecule has 2 aromatic rings. The van der Waals surface area contributed by atoms with Crippen molar-refractivity contribution in [1.29, 1.82) is 0 Å². The molecule has 1 amide bonds. The van der Waals surface area contributed by atoms with Crippen LogP contribution >= 0.6 is 0 Å². The van der Waals surface area contributed by atoms with Crippen LogP contribution in [0.4, 0.5) is 14.5 Å². The average molecular weight is 276 g/mol. The number of hydrogen-bond acceptors (Lipinski definition) is 2. The molecule has 0 bridgehead atoms. The van der Waals surface area contributed by atoms with Gasteiger partial charge in [0.15, 0.2) is 0 Å². The lowest BCUT2D eigenvalue weighted by atomic mass is 10.1. The zero-order chi connectivity index (χ0) is 14.5. The lowest BCUT2D eigenvalue weighted by Gasteiger charge is -2.08. The van der Waals surface area contributed by atoms with Crippen LogP contribution in [0.3, 0.4) is 0 Å². The molecule has 20 heavy (non-hydrogen) atoms. The molecule has 104 valence electrons. The highest BCUT2D eigenvalue weighted by molar-refractivity contribution is 6.04. The molecule has 0 aliphatic heterocycles. The second-order valence-corrected chi connectivity index (χ2v) is 4.28. The van der Waals surface area contributed by atoms with Gasteiger partial charge in [0, 0.05) is 12.2 Å². The summed E-state index contributed by atoms with van der Waals surface area (Å²) in [4.78, 5) is 11.9. The highest BCUT2D eigenvalue weighted by Gasteiger charge is 2.16. The molecular formula is C15H14F2N2O. The number of amides is 1. The molecule has 2 rings (SSSR count). The van der Waals surface area contributed by atoms with Crippen LogP contribution < -0.4 is 10.6 Å². The Hall–Kier alpha value is -2.27. The second kappa shape index (κ2) is 6.25. The van der Waals surface area contributed by atoms with Crippen LogP contribution in [-0.2, 0) is 6.54 Å². The number of halogens is 2. The van der Waals surface area contributed by atoms with E-state index in [4.69, 9.17) is 0 Å². The van der Waals surface area contributed by atoms with Crippen LogP contribution in [0.15, 0.2) is 42.5 Å². The Morgan fingerprint density at radius 3 is 2.40 bits per heavy atom.